The molecule has 1 saturated heterocycles. The van der Waals surface area contributed by atoms with Gasteiger partial charge >= 0.3 is 0 Å². The predicted octanol–water partition coefficient (Wildman–Crippen LogP) is 1.04. The first-order valence-electron chi connectivity index (χ1n) is 5.80. The summed E-state index contributed by atoms with van der Waals surface area (Å²) < 4.78 is 22.6. The molecule has 104 valence electrons. The van der Waals surface area contributed by atoms with Crippen LogP contribution in [0.3, 0.4) is 0 Å². The van der Waals surface area contributed by atoms with E-state index in [9.17, 15) is 8.42 Å². The minimum absolute atomic E-state index is 0.108. The molecule has 5 nitrogen and oxygen atoms in total. The fraction of sp³-hybridized carbons (Fsp3) is 0.455. The van der Waals surface area contributed by atoms with Gasteiger partial charge in [-0.3, -0.25) is 5.43 Å². The first kappa shape index (κ1) is 14.4. The van der Waals surface area contributed by atoms with Crippen molar-refractivity contribution in [1.82, 2.24) is 10.7 Å². The number of thiophene rings is 1. The quantitative estimate of drug-likeness (QED) is 0.495. The first-order chi connectivity index (χ1) is 8.96. The van der Waals surface area contributed by atoms with Crippen LogP contribution >= 0.6 is 23.6 Å². The highest BCUT2D eigenvalue weighted by molar-refractivity contribution is 7.91. The van der Waals surface area contributed by atoms with E-state index in [1.165, 1.54) is 0 Å². The third kappa shape index (κ3) is 4.26. The summed E-state index contributed by atoms with van der Waals surface area (Å²) in [5.74, 6) is 0.369. The Balaban J connectivity index is 1.79. The highest BCUT2D eigenvalue weighted by Gasteiger charge is 2.28. The molecule has 1 aliphatic rings. The standard InChI is InChI=1S/C11H15N3O2S3/c1-8-2-4-18-10(8)6-12-14-11(17)13-9-3-5-19(15,16)7-9/h2,4,6,9H,3,5,7H2,1H3,(H2,13,14,17)/b12-6-/t9-/m1/s1. The Labute approximate surface area is 122 Å². The molecule has 8 heteroatoms. The van der Waals surface area contributed by atoms with Gasteiger partial charge < -0.3 is 5.32 Å². The van der Waals surface area contributed by atoms with Crippen LogP contribution in [0.25, 0.3) is 0 Å². The molecule has 19 heavy (non-hydrogen) atoms. The third-order valence-electron chi connectivity index (χ3n) is 2.82. The van der Waals surface area contributed by atoms with Crippen molar-refractivity contribution in [3.8, 4) is 0 Å². The summed E-state index contributed by atoms with van der Waals surface area (Å²) in [5, 5.41) is 9.35. The van der Waals surface area contributed by atoms with Crippen LogP contribution in [0.1, 0.15) is 16.9 Å². The summed E-state index contributed by atoms with van der Waals surface area (Å²) in [5.41, 5.74) is 3.87. The lowest BCUT2D eigenvalue weighted by Gasteiger charge is -2.11. The molecule has 0 amide bonds. The Kier molecular flexibility index (Phi) is 4.54. The predicted molar refractivity (Wildman–Crippen MR) is 82.6 cm³/mol. The molecule has 0 radical (unpaired) electrons. The van der Waals surface area contributed by atoms with Crippen LogP contribution < -0.4 is 10.7 Å². The highest BCUT2D eigenvalue weighted by Crippen LogP contribution is 2.12. The van der Waals surface area contributed by atoms with E-state index in [4.69, 9.17) is 12.2 Å². The lowest BCUT2D eigenvalue weighted by atomic mass is 10.3. The smallest absolute Gasteiger partial charge is 0.187 e. The van der Waals surface area contributed by atoms with Gasteiger partial charge in [-0.05, 0) is 42.6 Å². The molecule has 2 rings (SSSR count). The average Bonchev–Trinajstić information content (AvgIpc) is 2.86. The van der Waals surface area contributed by atoms with E-state index < -0.39 is 9.84 Å². The molecule has 1 aromatic heterocycles. The zero-order valence-corrected chi connectivity index (χ0v) is 12.9. The molecular weight excluding hydrogens is 302 g/mol. The van der Waals surface area contributed by atoms with Crippen molar-refractivity contribution in [2.75, 3.05) is 11.5 Å². The van der Waals surface area contributed by atoms with E-state index in [0.29, 0.717) is 11.5 Å². The van der Waals surface area contributed by atoms with Crippen molar-refractivity contribution < 1.29 is 8.42 Å². The maximum absolute atomic E-state index is 11.3. The summed E-state index contributed by atoms with van der Waals surface area (Å²) >= 11 is 6.67. The van der Waals surface area contributed by atoms with E-state index in [2.05, 4.69) is 15.8 Å². The van der Waals surface area contributed by atoms with Crippen LogP contribution in [0.15, 0.2) is 16.5 Å². The molecule has 0 aliphatic carbocycles. The number of rotatable bonds is 3. The van der Waals surface area contributed by atoms with Gasteiger partial charge in [-0.25, -0.2) is 8.42 Å². The Morgan fingerprint density at radius 3 is 3.00 bits per heavy atom. The van der Waals surface area contributed by atoms with E-state index in [1.54, 1.807) is 17.6 Å². The van der Waals surface area contributed by atoms with Crippen LogP contribution in [0.2, 0.25) is 0 Å². The van der Waals surface area contributed by atoms with Crippen molar-refractivity contribution in [3.63, 3.8) is 0 Å². The number of hydrogen-bond acceptors (Lipinski definition) is 5. The molecule has 0 bridgehead atoms. The number of thiocarbonyl (C=S) groups is 1. The highest BCUT2D eigenvalue weighted by atomic mass is 32.2. The van der Waals surface area contributed by atoms with E-state index in [0.717, 1.165) is 10.4 Å². The molecule has 1 fully saturated rings. The van der Waals surface area contributed by atoms with Gasteiger partial charge in [0, 0.05) is 10.9 Å². The fourth-order valence-corrected chi connectivity index (χ4v) is 4.47. The second kappa shape index (κ2) is 5.98. The van der Waals surface area contributed by atoms with Gasteiger partial charge in [-0.1, -0.05) is 0 Å². The average molecular weight is 317 g/mol. The van der Waals surface area contributed by atoms with Gasteiger partial charge in [0.1, 0.15) is 0 Å². The minimum atomic E-state index is -2.89. The molecule has 1 aromatic rings. The lowest BCUT2D eigenvalue weighted by molar-refractivity contribution is 0.600. The number of aryl methyl sites for hydroxylation is 1. The van der Waals surface area contributed by atoms with Crippen LogP contribution in [-0.2, 0) is 9.84 Å². The van der Waals surface area contributed by atoms with Gasteiger partial charge in [-0.15, -0.1) is 11.3 Å². The summed E-state index contributed by atoms with van der Waals surface area (Å²) in [6.07, 6.45) is 2.30. The molecule has 2 N–H and O–H groups in total. The SMILES string of the molecule is Cc1ccsc1/C=N\NC(=S)N[C@@H]1CCS(=O)(=O)C1. The molecule has 0 unspecified atom stereocenters. The van der Waals surface area contributed by atoms with Crippen LogP contribution in [0.5, 0.6) is 0 Å². The first-order valence-corrected chi connectivity index (χ1v) is 8.91. The van der Waals surface area contributed by atoms with E-state index >= 15 is 0 Å². The van der Waals surface area contributed by atoms with Gasteiger partial charge in [0.25, 0.3) is 0 Å². The molecule has 0 aromatic carbocycles. The van der Waals surface area contributed by atoms with Gasteiger partial charge in [-0.2, -0.15) is 5.10 Å². The van der Waals surface area contributed by atoms with Crippen LogP contribution in [-0.4, -0.2) is 37.3 Å². The molecule has 0 spiro atoms. The second-order valence-electron chi connectivity index (χ2n) is 4.41. The number of nitrogens with one attached hydrogen (secondary N) is 2. The zero-order valence-electron chi connectivity index (χ0n) is 10.4. The molecule has 1 atom stereocenters. The lowest BCUT2D eigenvalue weighted by Crippen LogP contribution is -2.40. The Morgan fingerprint density at radius 2 is 2.42 bits per heavy atom. The maximum atomic E-state index is 11.3. The number of sulfone groups is 1. The topological polar surface area (TPSA) is 70.6 Å². The maximum Gasteiger partial charge on any atom is 0.187 e. The van der Waals surface area contributed by atoms with Crippen LogP contribution in [0.4, 0.5) is 0 Å². The van der Waals surface area contributed by atoms with Crippen molar-refractivity contribution in [3.05, 3.63) is 21.9 Å². The third-order valence-corrected chi connectivity index (χ3v) is 5.75. The normalized spacial score (nSPS) is 21.6. The Hall–Kier alpha value is -0.990. The minimum Gasteiger partial charge on any atom is -0.358 e. The van der Waals surface area contributed by atoms with Crippen molar-refractivity contribution in [1.29, 1.82) is 0 Å². The summed E-state index contributed by atoms with van der Waals surface area (Å²) in [6, 6.07) is 1.91. The Bertz CT molecular complexity index is 592. The second-order valence-corrected chi connectivity index (χ2v) is 8.00. The monoisotopic (exact) mass is 317 g/mol. The largest absolute Gasteiger partial charge is 0.358 e. The summed E-state index contributed by atoms with van der Waals surface area (Å²) in [7, 11) is -2.89. The number of hydrogen-bond donors (Lipinski definition) is 2. The van der Waals surface area contributed by atoms with Gasteiger partial charge in [0.15, 0.2) is 14.9 Å². The Morgan fingerprint density at radius 1 is 1.63 bits per heavy atom. The zero-order chi connectivity index (χ0) is 13.9. The number of hydrazone groups is 1. The van der Waals surface area contributed by atoms with Crippen molar-refractivity contribution >= 4 is 44.7 Å². The molecule has 1 aliphatic heterocycles. The van der Waals surface area contributed by atoms with Gasteiger partial charge in [0.2, 0.25) is 0 Å². The van der Waals surface area contributed by atoms with E-state index in [-0.39, 0.29) is 17.5 Å². The molecule has 0 saturated carbocycles. The van der Waals surface area contributed by atoms with Crippen LogP contribution in [0, 0.1) is 6.92 Å². The van der Waals surface area contributed by atoms with Crippen molar-refractivity contribution in [2.45, 2.75) is 19.4 Å². The fourth-order valence-electron chi connectivity index (χ4n) is 1.79. The molecular formula is C11H15N3O2S3. The summed E-state index contributed by atoms with van der Waals surface area (Å²) in [4.78, 5) is 1.07. The number of nitrogens with zero attached hydrogens (tertiary/aromatic N) is 1. The van der Waals surface area contributed by atoms with E-state index in [1.807, 2.05) is 18.4 Å². The van der Waals surface area contributed by atoms with Gasteiger partial charge in [0.05, 0.1) is 17.7 Å². The van der Waals surface area contributed by atoms with Crippen molar-refractivity contribution in [2.24, 2.45) is 5.10 Å². The molecule has 2 heterocycles. The summed E-state index contributed by atoms with van der Waals surface area (Å²) in [6.45, 7) is 2.01.